The van der Waals surface area contributed by atoms with Crippen LogP contribution in [0.4, 0.5) is 5.82 Å². The van der Waals surface area contributed by atoms with Crippen LogP contribution in [0.25, 0.3) is 11.2 Å². The van der Waals surface area contributed by atoms with E-state index in [0.29, 0.717) is 49.6 Å². The van der Waals surface area contributed by atoms with Crippen molar-refractivity contribution in [2.45, 2.75) is 19.3 Å². The molecule has 3 heterocycles. The number of benzene rings is 1. The molecule has 3 aromatic rings. The van der Waals surface area contributed by atoms with Crippen molar-refractivity contribution in [3.8, 4) is 0 Å². The van der Waals surface area contributed by atoms with E-state index in [-0.39, 0.29) is 17.4 Å². The summed E-state index contributed by atoms with van der Waals surface area (Å²) >= 11 is 0. The summed E-state index contributed by atoms with van der Waals surface area (Å²) in [7, 11) is 1.72. The number of nitrogens with zero attached hydrogens (tertiary/aromatic N) is 5. The van der Waals surface area contributed by atoms with E-state index in [0.717, 1.165) is 0 Å². The summed E-state index contributed by atoms with van der Waals surface area (Å²) in [6.45, 7) is 4.46. The summed E-state index contributed by atoms with van der Waals surface area (Å²) in [5.41, 5.74) is 2.29. The number of piperazine rings is 1. The van der Waals surface area contributed by atoms with E-state index in [9.17, 15) is 9.59 Å². The summed E-state index contributed by atoms with van der Waals surface area (Å²) in [5.74, 6) is 0.769. The van der Waals surface area contributed by atoms with E-state index < -0.39 is 0 Å². The molecule has 1 aliphatic rings. The fraction of sp³-hybridized carbons (Fsp3) is 0.364. The van der Waals surface area contributed by atoms with E-state index in [1.165, 1.54) is 10.1 Å². The van der Waals surface area contributed by atoms with Crippen molar-refractivity contribution < 1.29 is 4.79 Å². The number of hydrogen-bond acceptors (Lipinski definition) is 5. The minimum atomic E-state index is -0.159. The number of rotatable bonds is 4. The lowest BCUT2D eigenvalue weighted by Crippen LogP contribution is -2.50. The number of fused-ring (bicyclic) bond motifs is 1. The summed E-state index contributed by atoms with van der Waals surface area (Å²) in [6, 6.07) is 13.8. The molecule has 7 heteroatoms. The third kappa shape index (κ3) is 3.85. The Hall–Kier alpha value is -3.22. The highest BCUT2D eigenvalue weighted by atomic mass is 16.2. The highest BCUT2D eigenvalue weighted by Gasteiger charge is 2.25. The molecule has 4 rings (SSSR count). The van der Waals surface area contributed by atoms with Crippen LogP contribution in [-0.4, -0.2) is 51.5 Å². The first-order chi connectivity index (χ1) is 14.0. The van der Waals surface area contributed by atoms with Gasteiger partial charge >= 0.3 is 0 Å². The molecule has 2 aromatic heterocycles. The minimum Gasteiger partial charge on any atom is -0.348 e. The number of pyridine rings is 1. The molecule has 0 spiro atoms. The first-order valence-corrected chi connectivity index (χ1v) is 9.94. The Morgan fingerprint density at radius 2 is 1.79 bits per heavy atom. The molecule has 150 valence electrons. The molecule has 0 N–H and O–H groups in total. The van der Waals surface area contributed by atoms with Gasteiger partial charge in [0, 0.05) is 45.8 Å². The van der Waals surface area contributed by atoms with Gasteiger partial charge in [0.05, 0.1) is 0 Å². The highest BCUT2D eigenvalue weighted by molar-refractivity contribution is 5.77. The molecular formula is C22H25N5O2. The Morgan fingerprint density at radius 3 is 2.52 bits per heavy atom. The Balaban J connectivity index is 1.43. The zero-order valence-corrected chi connectivity index (χ0v) is 16.8. The molecule has 0 saturated carbocycles. The molecule has 1 saturated heterocycles. The van der Waals surface area contributed by atoms with Crippen LogP contribution in [0, 0.1) is 0 Å². The fourth-order valence-corrected chi connectivity index (χ4v) is 3.81. The summed E-state index contributed by atoms with van der Waals surface area (Å²) in [4.78, 5) is 38.1. The molecule has 1 fully saturated rings. The van der Waals surface area contributed by atoms with Crippen LogP contribution in [0.1, 0.15) is 24.8 Å². The Morgan fingerprint density at radius 1 is 1.07 bits per heavy atom. The smallest absolute Gasteiger partial charge is 0.294 e. The average Bonchev–Trinajstić information content (AvgIpc) is 2.77. The first kappa shape index (κ1) is 19.1. The molecule has 7 nitrogen and oxygen atoms in total. The number of amides is 1. The zero-order chi connectivity index (χ0) is 20.4. The maximum Gasteiger partial charge on any atom is 0.294 e. The Kier molecular flexibility index (Phi) is 5.29. The first-order valence-electron chi connectivity index (χ1n) is 9.94. The van der Waals surface area contributed by atoms with Gasteiger partial charge in [0.15, 0.2) is 11.5 Å². The van der Waals surface area contributed by atoms with Crippen molar-refractivity contribution in [2.75, 3.05) is 31.1 Å². The van der Waals surface area contributed by atoms with E-state index in [1.54, 1.807) is 13.2 Å². The van der Waals surface area contributed by atoms with Crippen LogP contribution in [0.2, 0.25) is 0 Å². The van der Waals surface area contributed by atoms with Gasteiger partial charge in [-0.15, -0.1) is 0 Å². The predicted octanol–water partition coefficient (Wildman–Crippen LogP) is 2.17. The molecule has 1 amide bonds. The minimum absolute atomic E-state index is 0.157. The molecule has 0 unspecified atom stereocenters. The third-order valence-corrected chi connectivity index (χ3v) is 5.59. The average molecular weight is 391 g/mol. The fourth-order valence-electron chi connectivity index (χ4n) is 3.81. The highest BCUT2D eigenvalue weighted by Crippen LogP contribution is 2.21. The van der Waals surface area contributed by atoms with Gasteiger partial charge in [-0.05, 0) is 23.6 Å². The van der Waals surface area contributed by atoms with E-state index >= 15 is 0 Å². The number of carbonyl (C=O) groups is 1. The SMILES string of the molecule is C[C@@H](CC(=O)N1CCN(c2nc3cccnc3n(C)c2=O)CC1)c1ccccc1. The summed E-state index contributed by atoms with van der Waals surface area (Å²) in [5, 5.41) is 0. The normalized spacial score (nSPS) is 15.5. The molecule has 0 radical (unpaired) electrons. The largest absolute Gasteiger partial charge is 0.348 e. The molecule has 1 atom stereocenters. The number of aryl methyl sites for hydroxylation is 1. The van der Waals surface area contributed by atoms with Gasteiger partial charge in [0.25, 0.3) is 5.56 Å². The molecule has 29 heavy (non-hydrogen) atoms. The van der Waals surface area contributed by atoms with Gasteiger partial charge in [0.2, 0.25) is 5.91 Å². The lowest BCUT2D eigenvalue weighted by Gasteiger charge is -2.35. The van der Waals surface area contributed by atoms with Gasteiger partial charge in [-0.3, -0.25) is 14.2 Å². The maximum absolute atomic E-state index is 12.7. The van der Waals surface area contributed by atoms with Gasteiger partial charge in [-0.1, -0.05) is 37.3 Å². The number of carbonyl (C=O) groups excluding carboxylic acids is 1. The second-order valence-electron chi connectivity index (χ2n) is 7.53. The molecular weight excluding hydrogens is 366 g/mol. The van der Waals surface area contributed by atoms with Crippen molar-refractivity contribution in [3.63, 3.8) is 0 Å². The van der Waals surface area contributed by atoms with Crippen molar-refractivity contribution in [1.29, 1.82) is 0 Å². The lowest BCUT2D eigenvalue weighted by molar-refractivity contribution is -0.131. The predicted molar refractivity (Wildman–Crippen MR) is 113 cm³/mol. The van der Waals surface area contributed by atoms with Gasteiger partial charge in [-0.25, -0.2) is 9.97 Å². The van der Waals surface area contributed by atoms with Crippen LogP contribution >= 0.6 is 0 Å². The van der Waals surface area contributed by atoms with Crippen LogP contribution < -0.4 is 10.5 Å². The second-order valence-corrected chi connectivity index (χ2v) is 7.53. The van der Waals surface area contributed by atoms with E-state index in [4.69, 9.17) is 0 Å². The van der Waals surface area contributed by atoms with Crippen LogP contribution in [-0.2, 0) is 11.8 Å². The lowest BCUT2D eigenvalue weighted by atomic mass is 9.97. The zero-order valence-electron chi connectivity index (χ0n) is 16.8. The maximum atomic E-state index is 12.7. The molecule has 0 aliphatic carbocycles. The quantitative estimate of drug-likeness (QED) is 0.682. The van der Waals surface area contributed by atoms with Crippen molar-refractivity contribution in [3.05, 3.63) is 64.6 Å². The van der Waals surface area contributed by atoms with E-state index in [1.807, 2.05) is 40.1 Å². The molecule has 1 aliphatic heterocycles. The van der Waals surface area contributed by atoms with Crippen molar-refractivity contribution >= 4 is 22.9 Å². The monoisotopic (exact) mass is 391 g/mol. The standard InChI is InChI=1S/C22H25N5O2/c1-16(17-7-4-3-5-8-17)15-19(28)26-11-13-27(14-12-26)21-22(29)25(2)20-18(24-21)9-6-10-23-20/h3-10,16H,11-15H2,1-2H3/t16-/m0/s1. The van der Waals surface area contributed by atoms with Crippen molar-refractivity contribution in [2.24, 2.45) is 7.05 Å². The number of hydrogen-bond donors (Lipinski definition) is 0. The topological polar surface area (TPSA) is 71.3 Å². The Labute approximate surface area is 169 Å². The Bertz CT molecular complexity index is 1070. The summed E-state index contributed by atoms with van der Waals surface area (Å²) < 4.78 is 1.54. The van der Waals surface area contributed by atoms with Crippen molar-refractivity contribution in [1.82, 2.24) is 19.4 Å². The van der Waals surface area contributed by atoms with Gasteiger partial charge < -0.3 is 9.80 Å². The number of aromatic nitrogens is 3. The summed E-state index contributed by atoms with van der Waals surface area (Å²) in [6.07, 6.45) is 2.15. The third-order valence-electron chi connectivity index (χ3n) is 5.59. The van der Waals surface area contributed by atoms with Crippen LogP contribution in [0.3, 0.4) is 0 Å². The van der Waals surface area contributed by atoms with E-state index in [2.05, 4.69) is 29.0 Å². The van der Waals surface area contributed by atoms with Gasteiger partial charge in [-0.2, -0.15) is 0 Å². The van der Waals surface area contributed by atoms with Gasteiger partial charge in [0.1, 0.15) is 5.52 Å². The van der Waals surface area contributed by atoms with Crippen LogP contribution in [0.5, 0.6) is 0 Å². The second kappa shape index (κ2) is 8.03. The number of anilines is 1. The molecule has 1 aromatic carbocycles. The van der Waals surface area contributed by atoms with Crippen LogP contribution in [0.15, 0.2) is 53.5 Å². The molecule has 0 bridgehead atoms.